The van der Waals surface area contributed by atoms with Crippen LogP contribution in [-0.2, 0) is 5.75 Å². The Labute approximate surface area is 113 Å². The minimum absolute atomic E-state index is 0.0242. The molecule has 1 aromatic rings. The normalized spacial score (nSPS) is 10.8. The number of thioether (sulfide) groups is 1. The summed E-state index contributed by atoms with van der Waals surface area (Å²) < 4.78 is 4.79. The molecular formula is C8H13N9OS. The molecule has 0 fully saturated rings. The number of rotatable bonds is 6. The van der Waals surface area contributed by atoms with Gasteiger partial charge in [-0.15, -0.1) is 0 Å². The van der Waals surface area contributed by atoms with Gasteiger partial charge in [0.2, 0.25) is 5.96 Å². The highest BCUT2D eigenvalue weighted by molar-refractivity contribution is 7.98. The predicted molar refractivity (Wildman–Crippen MR) is 71.2 cm³/mol. The van der Waals surface area contributed by atoms with Gasteiger partial charge in [0.1, 0.15) is 0 Å². The van der Waals surface area contributed by atoms with Crippen molar-refractivity contribution >= 4 is 29.7 Å². The van der Waals surface area contributed by atoms with Crippen LogP contribution in [0.2, 0.25) is 0 Å². The number of hydrogen-bond acceptors (Lipinski definition) is 7. The standard InChI is InChI=1S/C8H13N9OS/c9-4-14-7(12)13-1-2-19-3-5-15-8(18-17-5)16-6(10)11/h1-3H2,(H3,12,13,14)(H4,10,11,15,16,17). The van der Waals surface area contributed by atoms with Crippen LogP contribution in [0.15, 0.2) is 14.5 Å². The monoisotopic (exact) mass is 283 g/mol. The second-order valence-corrected chi connectivity index (χ2v) is 4.19. The molecule has 0 radical (unpaired) electrons. The zero-order valence-electron chi connectivity index (χ0n) is 9.91. The first-order valence-electron chi connectivity index (χ1n) is 5.07. The summed E-state index contributed by atoms with van der Waals surface area (Å²) in [4.78, 5) is 11.5. The maximum absolute atomic E-state index is 8.27. The van der Waals surface area contributed by atoms with Crippen LogP contribution in [0.4, 0.5) is 6.01 Å². The van der Waals surface area contributed by atoms with E-state index in [-0.39, 0.29) is 17.9 Å². The first-order valence-corrected chi connectivity index (χ1v) is 6.22. The van der Waals surface area contributed by atoms with Crippen LogP contribution >= 0.6 is 11.8 Å². The number of nitriles is 1. The average Bonchev–Trinajstić information content (AvgIpc) is 2.75. The maximum atomic E-state index is 8.27. The summed E-state index contributed by atoms with van der Waals surface area (Å²) >= 11 is 1.53. The molecule has 19 heavy (non-hydrogen) atoms. The third kappa shape index (κ3) is 6.13. The fraction of sp³-hybridized carbons (Fsp3) is 0.375. The lowest BCUT2D eigenvalue weighted by atomic mass is 10.7. The largest absolute Gasteiger partial charge is 0.370 e. The zero-order chi connectivity index (χ0) is 14.1. The number of aliphatic imine (C=N–C) groups is 2. The number of guanidine groups is 2. The van der Waals surface area contributed by atoms with Crippen molar-refractivity contribution in [3.8, 4) is 6.19 Å². The van der Waals surface area contributed by atoms with Gasteiger partial charge < -0.3 is 21.7 Å². The zero-order valence-corrected chi connectivity index (χ0v) is 10.7. The Hall–Kier alpha value is -2.48. The van der Waals surface area contributed by atoms with Crippen molar-refractivity contribution in [1.29, 1.82) is 5.26 Å². The Kier molecular flexibility index (Phi) is 5.96. The van der Waals surface area contributed by atoms with E-state index in [1.165, 1.54) is 11.8 Å². The summed E-state index contributed by atoms with van der Waals surface area (Å²) in [5.74, 6) is 1.66. The fourth-order valence-electron chi connectivity index (χ4n) is 0.950. The lowest BCUT2D eigenvalue weighted by molar-refractivity contribution is 0.423. The van der Waals surface area contributed by atoms with Crippen LogP contribution in [-0.4, -0.2) is 34.4 Å². The van der Waals surface area contributed by atoms with Crippen LogP contribution in [0.25, 0.3) is 0 Å². The van der Waals surface area contributed by atoms with E-state index in [1.807, 2.05) is 0 Å². The van der Waals surface area contributed by atoms with E-state index in [2.05, 4.69) is 25.4 Å². The summed E-state index contributed by atoms with van der Waals surface area (Å²) in [6.45, 7) is 0.476. The number of hydrogen-bond donors (Lipinski definition) is 4. The lowest BCUT2D eigenvalue weighted by Crippen LogP contribution is -2.27. The molecule has 7 N–H and O–H groups in total. The number of nitrogens with one attached hydrogen (secondary N) is 1. The second kappa shape index (κ2) is 7.77. The third-order valence-corrected chi connectivity index (χ3v) is 2.55. The molecule has 0 saturated carbocycles. The lowest BCUT2D eigenvalue weighted by Gasteiger charge is -1.96. The van der Waals surface area contributed by atoms with Gasteiger partial charge in [-0.25, -0.2) is 0 Å². The molecule has 1 heterocycles. The summed E-state index contributed by atoms with van der Waals surface area (Å²) in [6.07, 6.45) is 1.67. The summed E-state index contributed by atoms with van der Waals surface area (Å²) in [5, 5.41) is 14.2. The molecule has 0 aliphatic carbocycles. The summed E-state index contributed by atoms with van der Waals surface area (Å²) in [6, 6.07) is 0.0242. The molecule has 0 aliphatic rings. The highest BCUT2D eigenvalue weighted by Gasteiger charge is 2.04. The minimum atomic E-state index is -0.141. The van der Waals surface area contributed by atoms with E-state index in [1.54, 1.807) is 6.19 Å². The van der Waals surface area contributed by atoms with Gasteiger partial charge in [-0.05, 0) is 0 Å². The Morgan fingerprint density at radius 2 is 2.26 bits per heavy atom. The maximum Gasteiger partial charge on any atom is 0.350 e. The number of aromatic nitrogens is 2. The van der Waals surface area contributed by atoms with E-state index in [4.69, 9.17) is 27.0 Å². The van der Waals surface area contributed by atoms with Crippen LogP contribution in [0.5, 0.6) is 0 Å². The van der Waals surface area contributed by atoms with Crippen molar-refractivity contribution in [3.05, 3.63) is 5.82 Å². The summed E-state index contributed by atoms with van der Waals surface area (Å²) in [5.41, 5.74) is 15.7. The van der Waals surface area contributed by atoms with E-state index >= 15 is 0 Å². The molecule has 1 rings (SSSR count). The van der Waals surface area contributed by atoms with E-state index in [0.717, 1.165) is 0 Å². The molecule has 10 nitrogen and oxygen atoms in total. The van der Waals surface area contributed by atoms with Gasteiger partial charge >= 0.3 is 6.01 Å². The molecule has 11 heteroatoms. The Bertz CT molecular complexity index is 499. The Morgan fingerprint density at radius 1 is 1.47 bits per heavy atom. The van der Waals surface area contributed by atoms with Crippen molar-refractivity contribution in [1.82, 2.24) is 15.5 Å². The van der Waals surface area contributed by atoms with E-state index in [9.17, 15) is 0 Å². The first kappa shape index (κ1) is 14.6. The van der Waals surface area contributed by atoms with Gasteiger partial charge in [-0.3, -0.25) is 10.3 Å². The van der Waals surface area contributed by atoms with Crippen LogP contribution in [0.3, 0.4) is 0 Å². The molecular weight excluding hydrogens is 270 g/mol. The molecule has 0 aliphatic heterocycles. The topological polar surface area (TPSA) is 178 Å². The Balaban J connectivity index is 2.27. The third-order valence-electron chi connectivity index (χ3n) is 1.62. The van der Waals surface area contributed by atoms with Gasteiger partial charge in [0, 0.05) is 5.75 Å². The number of nitrogens with zero attached hydrogens (tertiary/aromatic N) is 5. The van der Waals surface area contributed by atoms with Crippen LogP contribution in [0, 0.1) is 11.5 Å². The average molecular weight is 283 g/mol. The quantitative estimate of drug-likeness (QED) is 0.160. The van der Waals surface area contributed by atoms with Crippen LogP contribution < -0.4 is 22.5 Å². The van der Waals surface area contributed by atoms with Gasteiger partial charge in [-0.2, -0.15) is 27.0 Å². The number of nitrogens with two attached hydrogens (primary N) is 3. The fourth-order valence-corrected chi connectivity index (χ4v) is 1.61. The molecule has 0 bridgehead atoms. The summed E-state index contributed by atoms with van der Waals surface area (Å²) in [7, 11) is 0. The highest BCUT2D eigenvalue weighted by Crippen LogP contribution is 2.12. The molecule has 0 spiro atoms. The van der Waals surface area contributed by atoms with Crippen molar-refractivity contribution in [2.75, 3.05) is 12.3 Å². The highest BCUT2D eigenvalue weighted by atomic mass is 32.2. The molecule has 0 atom stereocenters. The molecule has 0 amide bonds. The van der Waals surface area contributed by atoms with Gasteiger partial charge in [0.25, 0.3) is 0 Å². The van der Waals surface area contributed by atoms with Gasteiger partial charge in [0.05, 0.1) is 12.3 Å². The molecule has 0 aromatic carbocycles. The van der Waals surface area contributed by atoms with E-state index in [0.29, 0.717) is 23.9 Å². The molecule has 0 saturated heterocycles. The van der Waals surface area contributed by atoms with E-state index < -0.39 is 0 Å². The second-order valence-electron chi connectivity index (χ2n) is 3.09. The van der Waals surface area contributed by atoms with Gasteiger partial charge in [0.15, 0.2) is 18.0 Å². The molecule has 0 unspecified atom stereocenters. The first-order chi connectivity index (χ1) is 9.11. The Morgan fingerprint density at radius 3 is 2.95 bits per heavy atom. The SMILES string of the molecule is N#CNC(N)=NCCSCc1noc(N=C(N)N)n1. The van der Waals surface area contributed by atoms with Crippen molar-refractivity contribution in [2.45, 2.75) is 5.75 Å². The predicted octanol–water partition coefficient (Wildman–Crippen LogP) is -1.41. The van der Waals surface area contributed by atoms with Gasteiger partial charge in [-0.1, -0.05) is 5.16 Å². The van der Waals surface area contributed by atoms with Crippen molar-refractivity contribution in [3.63, 3.8) is 0 Å². The van der Waals surface area contributed by atoms with Crippen molar-refractivity contribution in [2.24, 2.45) is 27.2 Å². The smallest absolute Gasteiger partial charge is 0.350 e. The van der Waals surface area contributed by atoms with Crippen molar-refractivity contribution < 1.29 is 4.52 Å². The van der Waals surface area contributed by atoms with Crippen LogP contribution in [0.1, 0.15) is 5.82 Å². The minimum Gasteiger partial charge on any atom is -0.370 e. The molecule has 1 aromatic heterocycles. The molecule has 102 valence electrons.